The van der Waals surface area contributed by atoms with Gasteiger partial charge in [-0.2, -0.15) is 0 Å². The average molecular weight is 274 g/mol. The fraction of sp³-hybridized carbons (Fsp3) is 0.500. The van der Waals surface area contributed by atoms with Crippen LogP contribution in [0.5, 0.6) is 5.75 Å². The van der Waals surface area contributed by atoms with Crippen LogP contribution < -0.4 is 10.1 Å². The van der Waals surface area contributed by atoms with Crippen LogP contribution in [-0.4, -0.2) is 38.0 Å². The van der Waals surface area contributed by atoms with Crippen molar-refractivity contribution in [2.75, 3.05) is 33.4 Å². The number of hydrogen-bond acceptors (Lipinski definition) is 3. The van der Waals surface area contributed by atoms with Gasteiger partial charge in [-0.1, -0.05) is 6.07 Å². The van der Waals surface area contributed by atoms with Gasteiger partial charge in [-0.3, -0.25) is 0 Å². The van der Waals surface area contributed by atoms with E-state index in [1.54, 1.807) is 7.11 Å². The maximum Gasteiger partial charge on any atom is 0.128 e. The molecule has 4 heteroatoms. The Morgan fingerprint density at radius 3 is 3.15 bits per heavy atom. The van der Waals surface area contributed by atoms with Crippen LogP contribution in [0.1, 0.15) is 6.42 Å². The number of nitrogens with zero attached hydrogens (tertiary/aromatic N) is 1. The molecule has 0 amide bonds. The fourth-order valence-electron chi connectivity index (χ4n) is 2.82. The number of hydrogen-bond donors (Lipinski definition) is 1. The summed E-state index contributed by atoms with van der Waals surface area (Å²) in [5.74, 6) is 1.63. The van der Waals surface area contributed by atoms with Gasteiger partial charge in [0.05, 0.1) is 19.2 Å². The van der Waals surface area contributed by atoms with Crippen LogP contribution in [0, 0.1) is 5.92 Å². The van der Waals surface area contributed by atoms with Crippen LogP contribution in [0.15, 0.2) is 30.5 Å². The summed E-state index contributed by atoms with van der Waals surface area (Å²) >= 11 is 0. The van der Waals surface area contributed by atoms with Crippen molar-refractivity contribution in [1.82, 2.24) is 9.88 Å². The summed E-state index contributed by atoms with van der Waals surface area (Å²) in [4.78, 5) is 0. The first-order valence-electron chi connectivity index (χ1n) is 7.29. The normalized spacial score (nSPS) is 18.8. The van der Waals surface area contributed by atoms with Gasteiger partial charge >= 0.3 is 0 Å². The zero-order chi connectivity index (χ0) is 13.8. The predicted molar refractivity (Wildman–Crippen MR) is 80.3 cm³/mol. The van der Waals surface area contributed by atoms with Gasteiger partial charge in [0.25, 0.3) is 0 Å². The molecular formula is C16H22N2O2. The second-order valence-corrected chi connectivity index (χ2v) is 5.34. The average Bonchev–Trinajstić information content (AvgIpc) is 3.13. The first-order chi connectivity index (χ1) is 9.88. The van der Waals surface area contributed by atoms with Crippen molar-refractivity contribution < 1.29 is 9.47 Å². The van der Waals surface area contributed by atoms with E-state index in [1.807, 2.05) is 12.1 Å². The Morgan fingerprint density at radius 1 is 1.40 bits per heavy atom. The zero-order valence-corrected chi connectivity index (χ0v) is 12.0. The Balaban J connectivity index is 1.57. The first-order valence-corrected chi connectivity index (χ1v) is 7.29. The summed E-state index contributed by atoms with van der Waals surface area (Å²) in [5, 5.41) is 4.71. The lowest BCUT2D eigenvalue weighted by molar-refractivity contribution is 0.185. The summed E-state index contributed by atoms with van der Waals surface area (Å²) in [6.45, 7) is 4.86. The van der Waals surface area contributed by atoms with Gasteiger partial charge < -0.3 is 19.4 Å². The van der Waals surface area contributed by atoms with Gasteiger partial charge in [0.1, 0.15) is 5.75 Å². The van der Waals surface area contributed by atoms with E-state index in [0.717, 1.165) is 38.6 Å². The molecule has 0 aliphatic carbocycles. The SMILES string of the molecule is COc1cccc2c1ccn2CCNCC1CCOC1. The molecule has 1 fully saturated rings. The molecule has 108 valence electrons. The maximum atomic E-state index is 5.39. The van der Waals surface area contributed by atoms with Gasteiger partial charge in [-0.25, -0.2) is 0 Å². The van der Waals surface area contributed by atoms with Crippen LogP contribution in [0.4, 0.5) is 0 Å². The Morgan fingerprint density at radius 2 is 2.35 bits per heavy atom. The third kappa shape index (κ3) is 2.81. The number of rotatable bonds is 6. The third-order valence-corrected chi connectivity index (χ3v) is 3.98. The van der Waals surface area contributed by atoms with E-state index in [-0.39, 0.29) is 0 Å². The summed E-state index contributed by atoms with van der Waals surface area (Å²) in [6.07, 6.45) is 3.32. The van der Waals surface area contributed by atoms with Gasteiger partial charge in [-0.05, 0) is 30.5 Å². The number of ether oxygens (including phenoxy) is 2. The first kappa shape index (κ1) is 13.5. The lowest BCUT2D eigenvalue weighted by Gasteiger charge is -2.11. The van der Waals surface area contributed by atoms with Crippen LogP contribution in [0.2, 0.25) is 0 Å². The minimum Gasteiger partial charge on any atom is -0.496 e. The third-order valence-electron chi connectivity index (χ3n) is 3.98. The minimum atomic E-state index is 0.691. The van der Waals surface area contributed by atoms with Crippen LogP contribution >= 0.6 is 0 Å². The van der Waals surface area contributed by atoms with E-state index in [0.29, 0.717) is 5.92 Å². The Labute approximate surface area is 119 Å². The molecule has 0 radical (unpaired) electrons. The minimum absolute atomic E-state index is 0.691. The molecule has 1 N–H and O–H groups in total. The van der Waals surface area contributed by atoms with E-state index in [9.17, 15) is 0 Å². The van der Waals surface area contributed by atoms with E-state index in [4.69, 9.17) is 9.47 Å². The van der Waals surface area contributed by atoms with Crippen molar-refractivity contribution in [1.29, 1.82) is 0 Å². The molecule has 1 aromatic heterocycles. The monoisotopic (exact) mass is 274 g/mol. The lowest BCUT2D eigenvalue weighted by Crippen LogP contribution is -2.26. The summed E-state index contributed by atoms with van der Waals surface area (Å²) in [7, 11) is 1.72. The number of benzene rings is 1. The Kier molecular flexibility index (Phi) is 4.23. The van der Waals surface area contributed by atoms with Crippen molar-refractivity contribution in [3.63, 3.8) is 0 Å². The molecule has 1 aliphatic heterocycles. The molecule has 1 aromatic carbocycles. The van der Waals surface area contributed by atoms with Crippen LogP contribution in [0.3, 0.4) is 0 Å². The lowest BCUT2D eigenvalue weighted by atomic mass is 10.1. The summed E-state index contributed by atoms with van der Waals surface area (Å²) < 4.78 is 13.0. The predicted octanol–water partition coefficient (Wildman–Crippen LogP) is 2.28. The molecule has 4 nitrogen and oxygen atoms in total. The van der Waals surface area contributed by atoms with Crippen LogP contribution in [0.25, 0.3) is 10.9 Å². The molecule has 1 saturated heterocycles. The van der Waals surface area contributed by atoms with Crippen molar-refractivity contribution in [2.24, 2.45) is 5.92 Å². The molecule has 0 saturated carbocycles. The summed E-state index contributed by atoms with van der Waals surface area (Å²) in [6, 6.07) is 8.31. The molecule has 0 bridgehead atoms. The highest BCUT2D eigenvalue weighted by Gasteiger charge is 2.14. The van der Waals surface area contributed by atoms with Crippen molar-refractivity contribution >= 4 is 10.9 Å². The van der Waals surface area contributed by atoms with E-state index in [1.165, 1.54) is 17.3 Å². The van der Waals surface area contributed by atoms with Gasteiger partial charge in [0.15, 0.2) is 0 Å². The van der Waals surface area contributed by atoms with E-state index >= 15 is 0 Å². The highest BCUT2D eigenvalue weighted by molar-refractivity contribution is 5.86. The van der Waals surface area contributed by atoms with Crippen molar-refractivity contribution in [3.8, 4) is 5.75 Å². The molecule has 20 heavy (non-hydrogen) atoms. The molecule has 1 aliphatic rings. The number of aromatic nitrogens is 1. The zero-order valence-electron chi connectivity index (χ0n) is 12.0. The molecule has 1 atom stereocenters. The van der Waals surface area contributed by atoms with Gasteiger partial charge in [0.2, 0.25) is 0 Å². The molecule has 0 spiro atoms. The van der Waals surface area contributed by atoms with Crippen molar-refractivity contribution in [2.45, 2.75) is 13.0 Å². The molecular weight excluding hydrogens is 252 g/mol. The highest BCUT2D eigenvalue weighted by Crippen LogP contribution is 2.25. The Bertz CT molecular complexity index is 559. The second-order valence-electron chi connectivity index (χ2n) is 5.34. The van der Waals surface area contributed by atoms with Gasteiger partial charge in [0, 0.05) is 37.8 Å². The number of nitrogens with one attached hydrogen (secondary N) is 1. The highest BCUT2D eigenvalue weighted by atomic mass is 16.5. The number of methoxy groups -OCH3 is 1. The topological polar surface area (TPSA) is 35.4 Å². The van der Waals surface area contributed by atoms with Crippen molar-refractivity contribution in [3.05, 3.63) is 30.5 Å². The standard InChI is InChI=1S/C16H22N2O2/c1-19-16-4-2-3-15-14(16)5-8-18(15)9-7-17-11-13-6-10-20-12-13/h2-5,8,13,17H,6-7,9-12H2,1H3. The second kappa shape index (κ2) is 6.29. The summed E-state index contributed by atoms with van der Waals surface area (Å²) in [5.41, 5.74) is 1.23. The quantitative estimate of drug-likeness (QED) is 0.821. The molecule has 1 unspecified atom stereocenters. The maximum absolute atomic E-state index is 5.39. The largest absolute Gasteiger partial charge is 0.496 e. The van der Waals surface area contributed by atoms with Crippen LogP contribution in [-0.2, 0) is 11.3 Å². The molecule has 2 heterocycles. The van der Waals surface area contributed by atoms with E-state index in [2.05, 4.69) is 28.2 Å². The smallest absolute Gasteiger partial charge is 0.128 e. The fourth-order valence-corrected chi connectivity index (χ4v) is 2.82. The number of fused-ring (bicyclic) bond motifs is 1. The Hall–Kier alpha value is -1.52. The van der Waals surface area contributed by atoms with E-state index < -0.39 is 0 Å². The molecule has 2 aromatic rings. The molecule has 3 rings (SSSR count). The van der Waals surface area contributed by atoms with Gasteiger partial charge in [-0.15, -0.1) is 0 Å².